The van der Waals surface area contributed by atoms with Crippen LogP contribution in [-0.4, -0.2) is 37.6 Å². The molecule has 2 aromatic carbocycles. The number of thioether (sulfide) groups is 1. The zero-order chi connectivity index (χ0) is 23.4. The normalized spacial score (nSPS) is 14.3. The van der Waals surface area contributed by atoms with E-state index in [2.05, 4.69) is 27.4 Å². The molecule has 2 heterocycles. The molecular weight excluding hydrogens is 446 g/mol. The summed E-state index contributed by atoms with van der Waals surface area (Å²) >= 11 is 1.48. The van der Waals surface area contributed by atoms with Gasteiger partial charge >= 0.3 is 5.69 Å². The maximum absolute atomic E-state index is 12.0. The van der Waals surface area contributed by atoms with Crippen molar-refractivity contribution in [2.75, 3.05) is 17.7 Å². The number of benzene rings is 2. The number of anilines is 1. The van der Waals surface area contributed by atoms with Crippen LogP contribution in [0.1, 0.15) is 38.5 Å². The van der Waals surface area contributed by atoms with Crippen molar-refractivity contribution < 1.29 is 19.5 Å². The van der Waals surface area contributed by atoms with E-state index < -0.39 is 11.2 Å². The predicted octanol–water partition coefficient (Wildman–Crippen LogP) is 4.95. The Balaban J connectivity index is 1.82. The van der Waals surface area contributed by atoms with Crippen LogP contribution in [0.2, 0.25) is 0 Å². The van der Waals surface area contributed by atoms with Crippen LogP contribution in [0.15, 0.2) is 41.6 Å². The lowest BCUT2D eigenvalue weighted by molar-refractivity contribution is -0.387. The molecule has 0 aliphatic carbocycles. The number of ether oxygens (including phenoxy) is 2. The number of aromatic nitrogens is 3. The highest BCUT2D eigenvalue weighted by molar-refractivity contribution is 7.99. The van der Waals surface area contributed by atoms with Crippen LogP contribution in [0.4, 0.5) is 11.4 Å². The minimum Gasteiger partial charge on any atom is -0.504 e. The van der Waals surface area contributed by atoms with Crippen molar-refractivity contribution in [3.05, 3.63) is 52.1 Å². The Morgan fingerprint density at radius 3 is 2.82 bits per heavy atom. The van der Waals surface area contributed by atoms with Crippen molar-refractivity contribution in [1.82, 2.24) is 15.2 Å². The Labute approximate surface area is 194 Å². The third-order valence-corrected chi connectivity index (χ3v) is 5.88. The molecule has 0 spiro atoms. The van der Waals surface area contributed by atoms with E-state index in [-0.39, 0.29) is 35.2 Å². The van der Waals surface area contributed by atoms with Gasteiger partial charge in [-0.2, -0.15) is 4.98 Å². The second kappa shape index (κ2) is 9.90. The van der Waals surface area contributed by atoms with Crippen molar-refractivity contribution in [2.45, 2.75) is 38.1 Å². The molecule has 172 valence electrons. The molecule has 10 nitrogen and oxygen atoms in total. The lowest BCUT2D eigenvalue weighted by atomic mass is 10.1. The topological polar surface area (TPSA) is 133 Å². The summed E-state index contributed by atoms with van der Waals surface area (Å²) in [6.07, 6.45) is 1.07. The molecule has 33 heavy (non-hydrogen) atoms. The highest BCUT2D eigenvalue weighted by atomic mass is 32.2. The average molecular weight is 470 g/mol. The van der Waals surface area contributed by atoms with E-state index in [1.807, 2.05) is 24.3 Å². The molecule has 2 N–H and O–H groups in total. The molecule has 1 aliphatic rings. The van der Waals surface area contributed by atoms with E-state index in [0.717, 1.165) is 18.6 Å². The number of hydrogen-bond acceptors (Lipinski definition) is 10. The third-order valence-electron chi connectivity index (χ3n) is 4.96. The number of fused-ring (bicyclic) bond motifs is 3. The first-order valence-corrected chi connectivity index (χ1v) is 11.5. The number of para-hydroxylation sites is 1. The van der Waals surface area contributed by atoms with E-state index in [4.69, 9.17) is 9.47 Å². The number of nitro benzene ring substituents is 1. The number of rotatable bonds is 8. The summed E-state index contributed by atoms with van der Waals surface area (Å²) in [5.74, 6) is 0.531. The number of hydrogen-bond donors (Lipinski definition) is 2. The second-order valence-electron chi connectivity index (χ2n) is 7.18. The van der Waals surface area contributed by atoms with Crippen molar-refractivity contribution in [3.8, 4) is 28.6 Å². The monoisotopic (exact) mass is 469 g/mol. The van der Waals surface area contributed by atoms with Gasteiger partial charge in [-0.15, -0.1) is 10.2 Å². The molecule has 4 rings (SSSR count). The molecule has 1 aromatic heterocycles. The number of nitrogens with one attached hydrogen (secondary N) is 1. The maximum Gasteiger partial charge on any atom is 0.323 e. The van der Waals surface area contributed by atoms with Crippen LogP contribution in [0.5, 0.6) is 17.4 Å². The van der Waals surface area contributed by atoms with Gasteiger partial charge < -0.3 is 19.9 Å². The summed E-state index contributed by atoms with van der Waals surface area (Å²) < 4.78 is 11.5. The fourth-order valence-corrected chi connectivity index (χ4v) is 4.28. The standard InChI is InChI=1S/C22H23N5O5S/c1-3-5-12-33-22-24-21-17(25-26-22)13-8-6-7-9-15(13)23-20(32-21)14-10-11-16(28)19(31-4-2)18(14)27(29)30/h6-11,20,23,28H,3-5,12H2,1-2H3/t20-/m0/s1. The van der Waals surface area contributed by atoms with Crippen LogP contribution in [0, 0.1) is 10.1 Å². The Morgan fingerprint density at radius 2 is 2.06 bits per heavy atom. The van der Waals surface area contributed by atoms with Crippen molar-refractivity contribution in [3.63, 3.8) is 0 Å². The summed E-state index contributed by atoms with van der Waals surface area (Å²) in [6, 6.07) is 10.1. The predicted molar refractivity (Wildman–Crippen MR) is 124 cm³/mol. The van der Waals surface area contributed by atoms with E-state index >= 15 is 0 Å². The van der Waals surface area contributed by atoms with Gasteiger partial charge in [0.25, 0.3) is 0 Å². The molecule has 0 amide bonds. The Hall–Kier alpha value is -3.60. The van der Waals surface area contributed by atoms with Crippen molar-refractivity contribution in [2.24, 2.45) is 0 Å². The third kappa shape index (κ3) is 4.63. The van der Waals surface area contributed by atoms with Gasteiger partial charge in [-0.05, 0) is 31.5 Å². The maximum atomic E-state index is 12.0. The highest BCUT2D eigenvalue weighted by Gasteiger charge is 2.34. The van der Waals surface area contributed by atoms with Gasteiger partial charge in [0.2, 0.25) is 23.0 Å². The SMILES string of the molecule is CCCCSc1nnc2c(n1)O[C@@H](c1ccc(O)c(OCC)c1[N+](=O)[O-])Nc1ccccc1-2. The molecule has 3 aromatic rings. The first-order chi connectivity index (χ1) is 16.0. The van der Waals surface area contributed by atoms with Gasteiger partial charge in [0.15, 0.2) is 11.4 Å². The fourth-order valence-electron chi connectivity index (χ4n) is 3.42. The Kier molecular flexibility index (Phi) is 6.78. The molecule has 0 bridgehead atoms. The van der Waals surface area contributed by atoms with Crippen molar-refractivity contribution >= 4 is 23.1 Å². The lowest BCUT2D eigenvalue weighted by Crippen LogP contribution is -2.19. The quantitative estimate of drug-likeness (QED) is 0.202. The van der Waals surface area contributed by atoms with Crippen molar-refractivity contribution in [1.29, 1.82) is 0 Å². The molecule has 1 aliphatic heterocycles. The second-order valence-corrected chi connectivity index (χ2v) is 8.24. The summed E-state index contributed by atoms with van der Waals surface area (Å²) in [5.41, 5.74) is 1.61. The van der Waals surface area contributed by atoms with Gasteiger partial charge in [0.1, 0.15) is 0 Å². The first-order valence-electron chi connectivity index (χ1n) is 10.6. The van der Waals surface area contributed by atoms with Gasteiger partial charge in [-0.1, -0.05) is 43.3 Å². The molecule has 0 saturated heterocycles. The fraction of sp³-hybridized carbons (Fsp3) is 0.318. The van der Waals surface area contributed by atoms with E-state index in [9.17, 15) is 15.2 Å². The van der Waals surface area contributed by atoms with E-state index in [1.54, 1.807) is 6.92 Å². The van der Waals surface area contributed by atoms with Crippen LogP contribution in [-0.2, 0) is 0 Å². The van der Waals surface area contributed by atoms with Gasteiger partial charge in [0.05, 0.1) is 17.1 Å². The Bertz CT molecular complexity index is 1180. The van der Waals surface area contributed by atoms with Gasteiger partial charge in [-0.3, -0.25) is 10.1 Å². The zero-order valence-corrected chi connectivity index (χ0v) is 19.0. The van der Waals surface area contributed by atoms with E-state index in [0.29, 0.717) is 22.1 Å². The Morgan fingerprint density at radius 1 is 1.24 bits per heavy atom. The largest absolute Gasteiger partial charge is 0.504 e. The molecule has 0 fully saturated rings. The molecular formula is C22H23N5O5S. The number of phenols is 1. The molecule has 11 heteroatoms. The minimum atomic E-state index is -0.988. The molecule has 0 saturated carbocycles. The highest BCUT2D eigenvalue weighted by Crippen LogP contribution is 2.45. The average Bonchev–Trinajstić information content (AvgIpc) is 2.97. The van der Waals surface area contributed by atoms with Crippen LogP contribution in [0.25, 0.3) is 11.3 Å². The first kappa shape index (κ1) is 22.6. The number of nitro groups is 1. The lowest BCUT2D eigenvalue weighted by Gasteiger charge is -2.20. The number of unbranched alkanes of at least 4 members (excludes halogenated alkanes) is 1. The van der Waals surface area contributed by atoms with Crippen LogP contribution >= 0.6 is 11.8 Å². The smallest absolute Gasteiger partial charge is 0.323 e. The summed E-state index contributed by atoms with van der Waals surface area (Å²) in [7, 11) is 0. The number of aromatic hydroxyl groups is 1. The number of nitrogens with zero attached hydrogens (tertiary/aromatic N) is 4. The molecule has 1 atom stereocenters. The molecule has 0 radical (unpaired) electrons. The summed E-state index contributed by atoms with van der Waals surface area (Å²) in [5, 5.41) is 34.4. The summed E-state index contributed by atoms with van der Waals surface area (Å²) in [4.78, 5) is 15.9. The van der Waals surface area contributed by atoms with E-state index in [1.165, 1.54) is 23.9 Å². The van der Waals surface area contributed by atoms with Gasteiger partial charge in [-0.25, -0.2) is 0 Å². The zero-order valence-electron chi connectivity index (χ0n) is 18.1. The number of phenolic OH excluding ortho intramolecular Hbond substituents is 1. The van der Waals surface area contributed by atoms with Crippen LogP contribution < -0.4 is 14.8 Å². The van der Waals surface area contributed by atoms with Crippen LogP contribution in [0.3, 0.4) is 0 Å². The molecule has 0 unspecified atom stereocenters. The minimum absolute atomic E-state index is 0.151. The van der Waals surface area contributed by atoms with Gasteiger partial charge in [0, 0.05) is 17.0 Å². The summed E-state index contributed by atoms with van der Waals surface area (Å²) in [6.45, 7) is 3.94.